The molecule has 0 unspecified atom stereocenters. The number of aromatic nitrogens is 3. The lowest BCUT2D eigenvalue weighted by Gasteiger charge is -2.05. The van der Waals surface area contributed by atoms with Gasteiger partial charge in [0.15, 0.2) is 5.82 Å². The lowest BCUT2D eigenvalue weighted by Crippen LogP contribution is -2.14. The molecule has 5 heteroatoms. The van der Waals surface area contributed by atoms with Gasteiger partial charge >= 0.3 is 0 Å². The molecule has 4 rings (SSSR count). The topological polar surface area (TPSA) is 70.7 Å². The Morgan fingerprint density at radius 1 is 1.20 bits per heavy atom. The normalized spacial score (nSPS) is 13.6. The SMILES string of the molecule is Cc1ccnc(-c2ccc(CC(=O)Nc3cc(C4CC4)[nH]n3)cc2)c1. The van der Waals surface area contributed by atoms with Crippen molar-refractivity contribution in [3.8, 4) is 11.3 Å². The standard InChI is InChI=1S/C20H20N4O/c1-13-8-9-21-17(10-13)15-4-2-14(3-5-15)11-20(25)22-19-12-18(23-24-19)16-6-7-16/h2-5,8-10,12,16H,6-7,11H2,1H3,(H2,22,23,24,25). The Morgan fingerprint density at radius 3 is 2.72 bits per heavy atom. The number of anilines is 1. The van der Waals surface area contributed by atoms with Crippen LogP contribution < -0.4 is 5.32 Å². The number of carbonyl (C=O) groups excluding carboxylic acids is 1. The summed E-state index contributed by atoms with van der Waals surface area (Å²) >= 11 is 0. The summed E-state index contributed by atoms with van der Waals surface area (Å²) < 4.78 is 0. The molecular formula is C20H20N4O. The molecule has 25 heavy (non-hydrogen) atoms. The maximum atomic E-state index is 12.2. The molecule has 0 spiro atoms. The first-order valence-corrected chi connectivity index (χ1v) is 8.54. The first kappa shape index (κ1) is 15.6. The number of benzene rings is 1. The quantitative estimate of drug-likeness (QED) is 0.746. The molecule has 126 valence electrons. The highest BCUT2D eigenvalue weighted by atomic mass is 16.1. The van der Waals surface area contributed by atoms with Crippen molar-refractivity contribution in [2.75, 3.05) is 5.32 Å². The van der Waals surface area contributed by atoms with E-state index in [4.69, 9.17) is 0 Å². The zero-order valence-corrected chi connectivity index (χ0v) is 14.1. The smallest absolute Gasteiger partial charge is 0.229 e. The van der Waals surface area contributed by atoms with Crippen molar-refractivity contribution < 1.29 is 4.79 Å². The summed E-state index contributed by atoms with van der Waals surface area (Å²) in [5.74, 6) is 1.14. The molecule has 0 radical (unpaired) electrons. The van der Waals surface area contributed by atoms with Crippen LogP contribution in [0.25, 0.3) is 11.3 Å². The van der Waals surface area contributed by atoms with Crippen LogP contribution in [0.15, 0.2) is 48.7 Å². The van der Waals surface area contributed by atoms with Crippen molar-refractivity contribution in [2.24, 2.45) is 0 Å². The highest BCUT2D eigenvalue weighted by Gasteiger charge is 2.25. The van der Waals surface area contributed by atoms with E-state index in [2.05, 4.69) is 26.6 Å². The predicted molar refractivity (Wildman–Crippen MR) is 97.3 cm³/mol. The van der Waals surface area contributed by atoms with Crippen LogP contribution in [0.2, 0.25) is 0 Å². The molecule has 1 aliphatic carbocycles. The van der Waals surface area contributed by atoms with Gasteiger partial charge in [-0.2, -0.15) is 5.10 Å². The van der Waals surface area contributed by atoms with Crippen LogP contribution in [-0.2, 0) is 11.2 Å². The molecule has 1 saturated carbocycles. The van der Waals surface area contributed by atoms with E-state index in [1.165, 1.54) is 18.4 Å². The first-order valence-electron chi connectivity index (χ1n) is 8.54. The lowest BCUT2D eigenvalue weighted by atomic mass is 10.1. The zero-order valence-electron chi connectivity index (χ0n) is 14.1. The van der Waals surface area contributed by atoms with E-state index in [1.807, 2.05) is 49.5 Å². The van der Waals surface area contributed by atoms with E-state index in [1.54, 1.807) is 0 Å². The summed E-state index contributed by atoms with van der Waals surface area (Å²) in [4.78, 5) is 16.6. The molecule has 0 bridgehead atoms. The van der Waals surface area contributed by atoms with Crippen LogP contribution in [-0.4, -0.2) is 21.1 Å². The summed E-state index contributed by atoms with van der Waals surface area (Å²) in [6.07, 6.45) is 4.55. The fourth-order valence-electron chi connectivity index (χ4n) is 2.86. The minimum absolute atomic E-state index is 0.0599. The average molecular weight is 332 g/mol. The molecular weight excluding hydrogens is 312 g/mol. The molecule has 0 saturated heterocycles. The van der Waals surface area contributed by atoms with Crippen LogP contribution in [0.3, 0.4) is 0 Å². The Labute approximate surface area is 146 Å². The second kappa shape index (κ2) is 6.51. The fraction of sp³-hybridized carbons (Fsp3) is 0.250. The second-order valence-electron chi connectivity index (χ2n) is 6.62. The van der Waals surface area contributed by atoms with Gasteiger partial charge in [0, 0.05) is 29.4 Å². The molecule has 3 aromatic rings. The third-order valence-corrected chi connectivity index (χ3v) is 4.41. The van der Waals surface area contributed by atoms with Crippen molar-refractivity contribution in [3.05, 3.63) is 65.5 Å². The number of nitrogens with zero attached hydrogens (tertiary/aromatic N) is 2. The maximum Gasteiger partial charge on any atom is 0.229 e. The molecule has 5 nitrogen and oxygen atoms in total. The van der Waals surface area contributed by atoms with Crippen molar-refractivity contribution in [2.45, 2.75) is 32.1 Å². The maximum absolute atomic E-state index is 12.2. The van der Waals surface area contributed by atoms with Crippen LogP contribution in [0.5, 0.6) is 0 Å². The number of H-pyrrole nitrogens is 1. The van der Waals surface area contributed by atoms with Crippen LogP contribution >= 0.6 is 0 Å². The molecule has 1 aliphatic rings. The van der Waals surface area contributed by atoms with Crippen LogP contribution in [0.4, 0.5) is 5.82 Å². The largest absolute Gasteiger partial charge is 0.309 e. The van der Waals surface area contributed by atoms with Gasteiger partial charge in [0.2, 0.25) is 5.91 Å². The predicted octanol–water partition coefficient (Wildman–Crippen LogP) is 3.84. The molecule has 1 aromatic carbocycles. The Kier molecular flexibility index (Phi) is 4.06. The Balaban J connectivity index is 1.39. The summed E-state index contributed by atoms with van der Waals surface area (Å²) in [5.41, 5.74) is 5.25. The van der Waals surface area contributed by atoms with E-state index >= 15 is 0 Å². The Morgan fingerprint density at radius 2 is 2.00 bits per heavy atom. The molecule has 0 aliphatic heterocycles. The third-order valence-electron chi connectivity index (χ3n) is 4.41. The highest BCUT2D eigenvalue weighted by Crippen LogP contribution is 2.39. The highest BCUT2D eigenvalue weighted by molar-refractivity contribution is 5.91. The van der Waals surface area contributed by atoms with Gasteiger partial charge in [-0.05, 0) is 43.0 Å². The van der Waals surface area contributed by atoms with Crippen molar-refractivity contribution in [1.82, 2.24) is 15.2 Å². The first-order chi connectivity index (χ1) is 12.2. The summed E-state index contributed by atoms with van der Waals surface area (Å²) in [7, 11) is 0. The molecule has 2 aromatic heterocycles. The van der Waals surface area contributed by atoms with E-state index in [0.29, 0.717) is 18.2 Å². The van der Waals surface area contributed by atoms with Gasteiger partial charge in [-0.1, -0.05) is 24.3 Å². The Hall–Kier alpha value is -2.95. The number of hydrogen-bond acceptors (Lipinski definition) is 3. The van der Waals surface area contributed by atoms with E-state index < -0.39 is 0 Å². The van der Waals surface area contributed by atoms with Crippen molar-refractivity contribution >= 4 is 11.7 Å². The number of nitrogens with one attached hydrogen (secondary N) is 2. The molecule has 2 heterocycles. The molecule has 0 atom stereocenters. The molecule has 1 fully saturated rings. The number of carbonyl (C=O) groups is 1. The summed E-state index contributed by atoms with van der Waals surface area (Å²) in [6.45, 7) is 2.05. The minimum Gasteiger partial charge on any atom is -0.309 e. The number of hydrogen-bond donors (Lipinski definition) is 2. The number of amides is 1. The minimum atomic E-state index is -0.0599. The van der Waals surface area contributed by atoms with Gasteiger partial charge in [0.05, 0.1) is 12.1 Å². The van der Waals surface area contributed by atoms with Gasteiger partial charge < -0.3 is 5.32 Å². The molecule has 2 N–H and O–H groups in total. The van der Waals surface area contributed by atoms with E-state index in [-0.39, 0.29) is 5.91 Å². The summed E-state index contributed by atoms with van der Waals surface area (Å²) in [6, 6.07) is 13.9. The van der Waals surface area contributed by atoms with E-state index in [9.17, 15) is 4.79 Å². The van der Waals surface area contributed by atoms with Gasteiger partial charge in [0.25, 0.3) is 0 Å². The van der Waals surface area contributed by atoms with Gasteiger partial charge in [-0.25, -0.2) is 0 Å². The van der Waals surface area contributed by atoms with Crippen LogP contribution in [0.1, 0.15) is 35.6 Å². The number of pyridine rings is 1. The lowest BCUT2D eigenvalue weighted by molar-refractivity contribution is -0.115. The van der Waals surface area contributed by atoms with E-state index in [0.717, 1.165) is 22.5 Å². The van der Waals surface area contributed by atoms with Gasteiger partial charge in [-0.3, -0.25) is 14.9 Å². The van der Waals surface area contributed by atoms with Gasteiger partial charge in [0.1, 0.15) is 0 Å². The van der Waals surface area contributed by atoms with Crippen molar-refractivity contribution in [3.63, 3.8) is 0 Å². The number of aryl methyl sites for hydroxylation is 1. The van der Waals surface area contributed by atoms with Crippen molar-refractivity contribution in [1.29, 1.82) is 0 Å². The number of rotatable bonds is 5. The molecule has 1 amide bonds. The summed E-state index contributed by atoms with van der Waals surface area (Å²) in [5, 5.41) is 10.0. The third kappa shape index (κ3) is 3.76. The van der Waals surface area contributed by atoms with Gasteiger partial charge in [-0.15, -0.1) is 0 Å². The Bertz CT molecular complexity index is 894. The number of aromatic amines is 1. The fourth-order valence-corrected chi connectivity index (χ4v) is 2.86. The zero-order chi connectivity index (χ0) is 17.2. The monoisotopic (exact) mass is 332 g/mol. The van der Waals surface area contributed by atoms with Crippen LogP contribution in [0, 0.1) is 6.92 Å². The average Bonchev–Trinajstić information content (AvgIpc) is 3.35. The second-order valence-corrected chi connectivity index (χ2v) is 6.62.